The number of carbonyl (C=O) groups is 1. The largest absolute Gasteiger partial charge is 0.491 e. The second-order valence-electron chi connectivity index (χ2n) is 5.20. The van der Waals surface area contributed by atoms with Crippen LogP contribution in [0.3, 0.4) is 0 Å². The van der Waals surface area contributed by atoms with Gasteiger partial charge in [0, 0.05) is 0 Å². The van der Waals surface area contributed by atoms with E-state index in [1.165, 1.54) is 11.1 Å². The lowest BCUT2D eigenvalue weighted by Gasteiger charge is -2.27. The number of ether oxygens (including phenoxy) is 2. The molecule has 0 saturated heterocycles. The number of benzene rings is 1. The highest BCUT2D eigenvalue weighted by Gasteiger charge is 2.25. The van der Waals surface area contributed by atoms with E-state index in [1.807, 2.05) is 12.1 Å². The lowest BCUT2D eigenvalue weighted by molar-refractivity contribution is -0.123. The van der Waals surface area contributed by atoms with Gasteiger partial charge in [-0.2, -0.15) is 0 Å². The normalized spacial score (nSPS) is 21.6. The van der Waals surface area contributed by atoms with Crippen LogP contribution < -0.4 is 5.32 Å². The van der Waals surface area contributed by atoms with Crippen LogP contribution in [0.25, 0.3) is 0 Å². The Bertz CT molecular complexity index is 550. The number of rotatable bonds is 2. The number of carbonyl (C=O) groups excluding carboxylic acids is 1. The lowest BCUT2D eigenvalue weighted by atomic mass is 9.88. The summed E-state index contributed by atoms with van der Waals surface area (Å²) in [5, 5.41) is 3.07. The topological polar surface area (TPSA) is 47.6 Å². The van der Waals surface area contributed by atoms with Crippen molar-refractivity contribution < 1.29 is 14.3 Å². The monoisotopic (exact) mass is 273 g/mol. The Morgan fingerprint density at radius 1 is 1.25 bits per heavy atom. The number of nitrogens with one attached hydrogen (secondary N) is 1. The van der Waals surface area contributed by atoms with Crippen molar-refractivity contribution in [2.45, 2.75) is 32.2 Å². The molecule has 1 aliphatic heterocycles. The Morgan fingerprint density at radius 2 is 2.05 bits per heavy atom. The first-order chi connectivity index (χ1) is 9.75. The predicted molar refractivity (Wildman–Crippen MR) is 74.9 cm³/mol. The molecule has 0 fully saturated rings. The van der Waals surface area contributed by atoms with Crippen LogP contribution in [0.4, 0.5) is 0 Å². The quantitative estimate of drug-likeness (QED) is 0.900. The molecule has 20 heavy (non-hydrogen) atoms. The SMILES string of the molecule is CC1=C(C(=O)NC2CCCc3ccccc32)OCCO1. The summed E-state index contributed by atoms with van der Waals surface area (Å²) in [7, 11) is 0. The number of aryl methyl sites for hydroxylation is 1. The minimum Gasteiger partial charge on any atom is -0.491 e. The van der Waals surface area contributed by atoms with Gasteiger partial charge in [0.15, 0.2) is 0 Å². The van der Waals surface area contributed by atoms with Crippen molar-refractivity contribution in [2.75, 3.05) is 13.2 Å². The van der Waals surface area contributed by atoms with Crippen molar-refractivity contribution in [3.8, 4) is 0 Å². The van der Waals surface area contributed by atoms with Crippen LogP contribution in [0.2, 0.25) is 0 Å². The van der Waals surface area contributed by atoms with Gasteiger partial charge in [-0.1, -0.05) is 24.3 Å². The third kappa shape index (κ3) is 2.50. The Morgan fingerprint density at radius 3 is 2.90 bits per heavy atom. The van der Waals surface area contributed by atoms with Crippen molar-refractivity contribution in [1.82, 2.24) is 5.32 Å². The highest BCUT2D eigenvalue weighted by atomic mass is 16.6. The van der Waals surface area contributed by atoms with E-state index in [0.717, 1.165) is 19.3 Å². The molecule has 2 aliphatic rings. The standard InChI is InChI=1S/C16H19NO3/c1-11-15(20-10-9-19-11)16(18)17-14-8-4-6-12-5-2-3-7-13(12)14/h2-3,5,7,14H,4,6,8-10H2,1H3,(H,17,18). The molecule has 0 radical (unpaired) electrons. The molecule has 1 heterocycles. The van der Waals surface area contributed by atoms with Crippen LogP contribution in [0.1, 0.15) is 36.9 Å². The van der Waals surface area contributed by atoms with Gasteiger partial charge in [-0.25, -0.2) is 0 Å². The third-order valence-electron chi connectivity index (χ3n) is 3.85. The molecule has 4 nitrogen and oxygen atoms in total. The first kappa shape index (κ1) is 13.0. The fraction of sp³-hybridized carbons (Fsp3) is 0.438. The lowest BCUT2D eigenvalue weighted by Crippen LogP contribution is -2.34. The highest BCUT2D eigenvalue weighted by molar-refractivity contribution is 5.92. The molecule has 0 aromatic heterocycles. The molecular formula is C16H19NO3. The molecule has 0 spiro atoms. The molecule has 1 atom stereocenters. The van der Waals surface area contributed by atoms with E-state index >= 15 is 0 Å². The Kier molecular flexibility index (Phi) is 3.63. The van der Waals surface area contributed by atoms with E-state index in [1.54, 1.807) is 6.92 Å². The molecular weight excluding hydrogens is 254 g/mol. The van der Waals surface area contributed by atoms with Crippen molar-refractivity contribution in [3.05, 3.63) is 46.9 Å². The first-order valence-electron chi connectivity index (χ1n) is 7.11. The number of amides is 1. The van der Waals surface area contributed by atoms with Gasteiger partial charge in [0.1, 0.15) is 19.0 Å². The van der Waals surface area contributed by atoms with Gasteiger partial charge in [0.2, 0.25) is 5.76 Å². The van der Waals surface area contributed by atoms with Gasteiger partial charge < -0.3 is 14.8 Å². The number of allylic oxidation sites excluding steroid dienone is 1. The molecule has 4 heteroatoms. The van der Waals surface area contributed by atoms with E-state index in [4.69, 9.17) is 9.47 Å². The molecule has 3 rings (SSSR count). The molecule has 1 N–H and O–H groups in total. The highest BCUT2D eigenvalue weighted by Crippen LogP contribution is 2.29. The minimum atomic E-state index is -0.177. The molecule has 1 aromatic carbocycles. The van der Waals surface area contributed by atoms with Crippen molar-refractivity contribution in [2.24, 2.45) is 0 Å². The summed E-state index contributed by atoms with van der Waals surface area (Å²) in [6.45, 7) is 2.71. The van der Waals surface area contributed by atoms with Gasteiger partial charge in [-0.3, -0.25) is 4.79 Å². The fourth-order valence-electron chi connectivity index (χ4n) is 2.86. The van der Waals surface area contributed by atoms with Crippen LogP contribution in [0.5, 0.6) is 0 Å². The van der Waals surface area contributed by atoms with Gasteiger partial charge in [0.05, 0.1) is 6.04 Å². The zero-order valence-corrected chi connectivity index (χ0v) is 11.6. The molecule has 106 valence electrons. The summed E-state index contributed by atoms with van der Waals surface area (Å²) in [6.07, 6.45) is 3.15. The average molecular weight is 273 g/mol. The molecule has 0 saturated carbocycles. The summed E-state index contributed by atoms with van der Waals surface area (Å²) in [5.74, 6) is 0.709. The predicted octanol–water partition coefficient (Wildman–Crippen LogP) is 2.46. The van der Waals surface area contributed by atoms with Crippen molar-refractivity contribution in [1.29, 1.82) is 0 Å². The van der Waals surface area contributed by atoms with Crippen LogP contribution in [0.15, 0.2) is 35.8 Å². The summed E-state index contributed by atoms with van der Waals surface area (Å²) in [6, 6.07) is 8.37. The van der Waals surface area contributed by atoms with E-state index in [9.17, 15) is 4.79 Å². The van der Waals surface area contributed by atoms with Crippen molar-refractivity contribution in [3.63, 3.8) is 0 Å². The maximum absolute atomic E-state index is 12.3. The van der Waals surface area contributed by atoms with E-state index < -0.39 is 0 Å². The van der Waals surface area contributed by atoms with Crippen LogP contribution in [-0.2, 0) is 20.7 Å². The van der Waals surface area contributed by atoms with E-state index in [0.29, 0.717) is 24.7 Å². The number of fused-ring (bicyclic) bond motifs is 1. The van der Waals surface area contributed by atoms with Crippen LogP contribution >= 0.6 is 0 Å². The van der Waals surface area contributed by atoms with Gasteiger partial charge >= 0.3 is 0 Å². The zero-order valence-electron chi connectivity index (χ0n) is 11.6. The number of hydrogen-bond acceptors (Lipinski definition) is 3. The molecule has 1 unspecified atom stereocenters. The maximum atomic E-state index is 12.3. The zero-order chi connectivity index (χ0) is 13.9. The van der Waals surface area contributed by atoms with Gasteiger partial charge in [-0.15, -0.1) is 0 Å². The van der Waals surface area contributed by atoms with Gasteiger partial charge in [-0.05, 0) is 37.3 Å². The fourth-order valence-corrected chi connectivity index (χ4v) is 2.86. The van der Waals surface area contributed by atoms with Crippen LogP contribution in [0, 0.1) is 0 Å². The molecule has 0 bridgehead atoms. The van der Waals surface area contributed by atoms with Crippen LogP contribution in [-0.4, -0.2) is 19.1 Å². The van der Waals surface area contributed by atoms with E-state index in [2.05, 4.69) is 17.4 Å². The Balaban J connectivity index is 1.77. The average Bonchev–Trinajstić information content (AvgIpc) is 2.48. The van der Waals surface area contributed by atoms with Gasteiger partial charge in [0.25, 0.3) is 5.91 Å². The molecule has 1 aromatic rings. The molecule has 1 amide bonds. The third-order valence-corrected chi connectivity index (χ3v) is 3.85. The summed E-state index contributed by atoms with van der Waals surface area (Å²) < 4.78 is 10.8. The second-order valence-corrected chi connectivity index (χ2v) is 5.20. The first-order valence-corrected chi connectivity index (χ1v) is 7.11. The summed E-state index contributed by atoms with van der Waals surface area (Å²) >= 11 is 0. The smallest absolute Gasteiger partial charge is 0.290 e. The van der Waals surface area contributed by atoms with E-state index in [-0.39, 0.29) is 11.9 Å². The second kappa shape index (κ2) is 5.57. The Hall–Kier alpha value is -1.97. The minimum absolute atomic E-state index is 0.0678. The maximum Gasteiger partial charge on any atom is 0.290 e. The number of hydrogen-bond donors (Lipinski definition) is 1. The van der Waals surface area contributed by atoms with Crippen molar-refractivity contribution >= 4 is 5.91 Å². The summed E-state index contributed by atoms with van der Waals surface area (Å²) in [5.41, 5.74) is 2.55. The Labute approximate surface area is 118 Å². The molecule has 1 aliphatic carbocycles. The summed E-state index contributed by atoms with van der Waals surface area (Å²) in [4.78, 5) is 12.3.